The van der Waals surface area contributed by atoms with Gasteiger partial charge in [-0.15, -0.1) is 0 Å². The fourth-order valence-electron chi connectivity index (χ4n) is 3.58. The van der Waals surface area contributed by atoms with Crippen LogP contribution in [0.4, 0.5) is 13.2 Å². The zero-order valence-corrected chi connectivity index (χ0v) is 16.5. The number of nitrogens with zero attached hydrogens (tertiary/aromatic N) is 3. The highest BCUT2D eigenvalue weighted by molar-refractivity contribution is 5.78. The Bertz CT molecular complexity index is 1070. The molecule has 0 bridgehead atoms. The molecule has 2 aromatic carbocycles. The first-order chi connectivity index (χ1) is 14.2. The maximum absolute atomic E-state index is 12.7. The molecule has 2 heterocycles. The molecule has 1 fully saturated rings. The molecular weight excluding hydrogens is 395 g/mol. The number of halogens is 3. The van der Waals surface area contributed by atoms with E-state index in [2.05, 4.69) is 16.2 Å². The molecule has 1 atom stereocenters. The average molecular weight is 415 g/mol. The first-order valence-corrected chi connectivity index (χ1v) is 9.59. The molecule has 3 aromatic rings. The number of likely N-dealkylation sites (tertiary alicyclic amines) is 1. The molecule has 8 heteroatoms. The van der Waals surface area contributed by atoms with Crippen LogP contribution in [-0.2, 0) is 17.5 Å². The van der Waals surface area contributed by atoms with Gasteiger partial charge in [0.25, 0.3) is 0 Å². The van der Waals surface area contributed by atoms with Crippen LogP contribution in [-0.4, -0.2) is 20.9 Å². The minimum atomic E-state index is -4.40. The van der Waals surface area contributed by atoms with E-state index in [1.54, 1.807) is 4.90 Å². The monoisotopic (exact) mass is 415 g/mol. The molecule has 156 valence electrons. The topological polar surface area (TPSA) is 59.2 Å². The largest absolute Gasteiger partial charge is 0.416 e. The second-order valence-electron chi connectivity index (χ2n) is 7.53. The summed E-state index contributed by atoms with van der Waals surface area (Å²) in [7, 11) is 0. The Morgan fingerprint density at radius 1 is 1.10 bits per heavy atom. The van der Waals surface area contributed by atoms with E-state index in [-0.39, 0.29) is 17.8 Å². The summed E-state index contributed by atoms with van der Waals surface area (Å²) in [6.07, 6.45) is -3.47. The Labute approximate surface area is 171 Å². The lowest BCUT2D eigenvalue weighted by atomic mass is 10.1. The van der Waals surface area contributed by atoms with Crippen molar-refractivity contribution < 1.29 is 22.5 Å². The SMILES string of the molecule is Cc1ccc(CN2C(=O)CCC2c2nc(-c3ccc(C(F)(F)F)cc3)no2)cc1C. The third kappa shape index (κ3) is 3.94. The number of carbonyl (C=O) groups excluding carboxylic acids is 1. The van der Waals surface area contributed by atoms with E-state index in [4.69, 9.17) is 4.52 Å². The number of hydrogen-bond acceptors (Lipinski definition) is 4. The molecule has 1 aliphatic heterocycles. The molecule has 1 saturated heterocycles. The van der Waals surface area contributed by atoms with Crippen molar-refractivity contribution >= 4 is 5.91 Å². The van der Waals surface area contributed by atoms with Crippen LogP contribution in [0, 0.1) is 13.8 Å². The van der Waals surface area contributed by atoms with Crippen LogP contribution in [0.5, 0.6) is 0 Å². The van der Waals surface area contributed by atoms with E-state index in [1.165, 1.54) is 17.7 Å². The fraction of sp³-hybridized carbons (Fsp3) is 0.318. The van der Waals surface area contributed by atoms with Crippen molar-refractivity contribution in [2.45, 2.75) is 45.5 Å². The van der Waals surface area contributed by atoms with Crippen LogP contribution in [0.1, 0.15) is 47.0 Å². The molecule has 1 unspecified atom stereocenters. The van der Waals surface area contributed by atoms with E-state index in [9.17, 15) is 18.0 Å². The summed E-state index contributed by atoms with van der Waals surface area (Å²) >= 11 is 0. The maximum atomic E-state index is 12.7. The van der Waals surface area contributed by atoms with Crippen molar-refractivity contribution in [2.24, 2.45) is 0 Å². The molecule has 1 aromatic heterocycles. The Kier molecular flexibility index (Phi) is 5.09. The molecule has 0 spiro atoms. The highest BCUT2D eigenvalue weighted by atomic mass is 19.4. The molecule has 30 heavy (non-hydrogen) atoms. The summed E-state index contributed by atoms with van der Waals surface area (Å²) in [6.45, 7) is 4.49. The second-order valence-corrected chi connectivity index (χ2v) is 7.53. The van der Waals surface area contributed by atoms with Gasteiger partial charge in [0.15, 0.2) is 0 Å². The van der Waals surface area contributed by atoms with Crippen molar-refractivity contribution in [1.82, 2.24) is 15.0 Å². The van der Waals surface area contributed by atoms with E-state index in [1.807, 2.05) is 26.0 Å². The third-order valence-electron chi connectivity index (χ3n) is 5.45. The minimum absolute atomic E-state index is 0.00695. The first kappa shape index (κ1) is 20.1. The zero-order chi connectivity index (χ0) is 21.5. The predicted molar refractivity (Wildman–Crippen MR) is 103 cm³/mol. The lowest BCUT2D eigenvalue weighted by molar-refractivity contribution is -0.137. The van der Waals surface area contributed by atoms with Crippen molar-refractivity contribution in [3.8, 4) is 11.4 Å². The van der Waals surface area contributed by atoms with Crippen LogP contribution in [0.15, 0.2) is 47.0 Å². The molecule has 0 aliphatic carbocycles. The first-order valence-electron chi connectivity index (χ1n) is 9.59. The second kappa shape index (κ2) is 7.59. The third-order valence-corrected chi connectivity index (χ3v) is 5.45. The number of amides is 1. The molecule has 0 N–H and O–H groups in total. The van der Waals surface area contributed by atoms with E-state index < -0.39 is 11.7 Å². The van der Waals surface area contributed by atoms with Gasteiger partial charge in [-0.3, -0.25) is 4.79 Å². The van der Waals surface area contributed by atoms with Gasteiger partial charge >= 0.3 is 6.18 Å². The molecule has 0 saturated carbocycles. The van der Waals surface area contributed by atoms with Crippen molar-refractivity contribution in [3.63, 3.8) is 0 Å². The van der Waals surface area contributed by atoms with Crippen molar-refractivity contribution in [2.75, 3.05) is 0 Å². The van der Waals surface area contributed by atoms with E-state index in [0.29, 0.717) is 30.8 Å². The van der Waals surface area contributed by atoms with E-state index >= 15 is 0 Å². The summed E-state index contributed by atoms with van der Waals surface area (Å²) in [5.41, 5.74) is 3.03. The highest BCUT2D eigenvalue weighted by Gasteiger charge is 2.36. The molecular formula is C22H20F3N3O2. The molecule has 1 amide bonds. The number of alkyl halides is 3. The number of aromatic nitrogens is 2. The van der Waals surface area contributed by atoms with Gasteiger partial charge in [0.1, 0.15) is 6.04 Å². The summed E-state index contributed by atoms with van der Waals surface area (Å²) in [4.78, 5) is 18.5. The number of benzene rings is 2. The Morgan fingerprint density at radius 2 is 1.83 bits per heavy atom. The fourth-order valence-corrected chi connectivity index (χ4v) is 3.58. The van der Waals surface area contributed by atoms with Gasteiger partial charge in [0.2, 0.25) is 17.6 Å². The van der Waals surface area contributed by atoms with Crippen LogP contribution >= 0.6 is 0 Å². The maximum Gasteiger partial charge on any atom is 0.416 e. The van der Waals surface area contributed by atoms with Crippen LogP contribution in [0.3, 0.4) is 0 Å². The summed E-state index contributed by atoms with van der Waals surface area (Å²) in [6, 6.07) is 10.3. The van der Waals surface area contributed by atoms with Gasteiger partial charge in [0, 0.05) is 18.5 Å². The van der Waals surface area contributed by atoms with Crippen molar-refractivity contribution in [1.29, 1.82) is 0 Å². The van der Waals surface area contributed by atoms with Crippen LogP contribution < -0.4 is 0 Å². The number of carbonyl (C=O) groups is 1. The quantitative estimate of drug-likeness (QED) is 0.585. The Morgan fingerprint density at radius 3 is 2.50 bits per heavy atom. The Balaban J connectivity index is 1.55. The average Bonchev–Trinajstić information content (AvgIpc) is 3.32. The van der Waals surface area contributed by atoms with Crippen LogP contribution in [0.2, 0.25) is 0 Å². The standard InChI is InChI=1S/C22H20F3N3O2/c1-13-3-4-15(11-14(13)2)12-28-18(9-10-19(28)29)21-26-20(27-30-21)16-5-7-17(8-6-16)22(23,24)25/h3-8,11,18H,9-10,12H2,1-2H3. The number of hydrogen-bond donors (Lipinski definition) is 0. The highest BCUT2D eigenvalue weighted by Crippen LogP contribution is 2.35. The van der Waals surface area contributed by atoms with Gasteiger partial charge in [-0.2, -0.15) is 18.2 Å². The predicted octanol–water partition coefficient (Wildman–Crippen LogP) is 5.24. The van der Waals surface area contributed by atoms with Gasteiger partial charge < -0.3 is 9.42 Å². The zero-order valence-electron chi connectivity index (χ0n) is 16.5. The van der Waals surface area contributed by atoms with Crippen molar-refractivity contribution in [3.05, 3.63) is 70.6 Å². The van der Waals surface area contributed by atoms with Gasteiger partial charge in [0.05, 0.1) is 5.56 Å². The number of aryl methyl sites for hydroxylation is 2. The molecule has 5 nitrogen and oxygen atoms in total. The summed E-state index contributed by atoms with van der Waals surface area (Å²) in [5.74, 6) is 0.497. The van der Waals surface area contributed by atoms with Gasteiger partial charge in [-0.05, 0) is 49.1 Å². The molecule has 4 rings (SSSR count). The smallest absolute Gasteiger partial charge is 0.337 e. The lowest BCUT2D eigenvalue weighted by Crippen LogP contribution is -2.27. The van der Waals surface area contributed by atoms with Gasteiger partial charge in [-0.25, -0.2) is 0 Å². The van der Waals surface area contributed by atoms with Crippen LogP contribution in [0.25, 0.3) is 11.4 Å². The molecule has 1 aliphatic rings. The van der Waals surface area contributed by atoms with Gasteiger partial charge in [-0.1, -0.05) is 35.5 Å². The Hall–Kier alpha value is -3.16. The normalized spacial score (nSPS) is 17.0. The molecule has 0 radical (unpaired) electrons. The summed E-state index contributed by atoms with van der Waals surface area (Å²) in [5, 5.41) is 3.91. The van der Waals surface area contributed by atoms with E-state index in [0.717, 1.165) is 23.3 Å². The minimum Gasteiger partial charge on any atom is -0.337 e. The lowest BCUT2D eigenvalue weighted by Gasteiger charge is -2.22. The summed E-state index contributed by atoms with van der Waals surface area (Å²) < 4.78 is 43.6. The number of rotatable bonds is 4.